The zero-order chi connectivity index (χ0) is 8.27. The summed E-state index contributed by atoms with van der Waals surface area (Å²) in [5, 5.41) is 0. The fourth-order valence-corrected chi connectivity index (χ4v) is 1.06. The van der Waals surface area contributed by atoms with Gasteiger partial charge in [-0.3, -0.25) is 9.79 Å². The van der Waals surface area contributed by atoms with Crippen molar-refractivity contribution in [2.75, 3.05) is 20.2 Å². The van der Waals surface area contributed by atoms with Crippen LogP contribution in [0.3, 0.4) is 0 Å². The Morgan fingerprint density at radius 2 is 2.64 bits per heavy atom. The molecule has 0 N–H and O–H groups in total. The average Bonchev–Trinajstić information content (AvgIpc) is 2.37. The molecule has 0 radical (unpaired) electrons. The van der Waals surface area contributed by atoms with Crippen molar-refractivity contribution >= 4 is 24.6 Å². The van der Waals surface area contributed by atoms with E-state index in [1.54, 1.807) is 4.31 Å². The quantitative estimate of drug-likeness (QED) is 0.477. The van der Waals surface area contributed by atoms with Gasteiger partial charge in [0.05, 0.1) is 20.2 Å². The molecule has 0 aromatic rings. The number of hydrogen-bond donors (Lipinski definition) is 1. The number of thiol groups is 1. The van der Waals surface area contributed by atoms with Gasteiger partial charge in [-0.05, 0) is 0 Å². The van der Waals surface area contributed by atoms with Crippen LogP contribution in [0.5, 0.6) is 0 Å². The molecular weight excluding hydrogens is 164 g/mol. The Morgan fingerprint density at radius 1 is 1.91 bits per heavy atom. The van der Waals surface area contributed by atoms with E-state index < -0.39 is 0 Å². The number of nitrogens with zero attached hydrogens (tertiary/aromatic N) is 2. The molecule has 0 saturated heterocycles. The minimum Gasteiger partial charge on any atom is -0.469 e. The number of methoxy groups -OCH3 is 1. The number of aliphatic imine (C=N–C) groups is 1. The number of rotatable bonds is 2. The summed E-state index contributed by atoms with van der Waals surface area (Å²) in [4.78, 5) is 14.8. The molecule has 0 amide bonds. The van der Waals surface area contributed by atoms with Gasteiger partial charge < -0.3 is 9.04 Å². The Bertz CT molecular complexity index is 193. The van der Waals surface area contributed by atoms with Crippen molar-refractivity contribution in [3.63, 3.8) is 0 Å². The molecule has 5 heteroatoms. The molecule has 11 heavy (non-hydrogen) atoms. The molecule has 0 aliphatic carbocycles. The first kappa shape index (κ1) is 8.39. The predicted molar refractivity (Wildman–Crippen MR) is 44.6 cm³/mol. The monoisotopic (exact) mass is 174 g/mol. The Balaban J connectivity index is 2.42. The van der Waals surface area contributed by atoms with Gasteiger partial charge in [0.1, 0.15) is 12.3 Å². The fourth-order valence-electron chi connectivity index (χ4n) is 0.833. The van der Waals surface area contributed by atoms with Crippen LogP contribution in [0.25, 0.3) is 0 Å². The first-order valence-corrected chi connectivity index (χ1v) is 3.70. The van der Waals surface area contributed by atoms with E-state index in [0.29, 0.717) is 5.84 Å². The summed E-state index contributed by atoms with van der Waals surface area (Å²) >= 11 is 4.10. The standard InChI is InChI=1S/C6H10N2O2S/c1-10-6(9)4-5-7-2-3-8(5)11/h11H,2-4H2,1H3. The highest BCUT2D eigenvalue weighted by Crippen LogP contribution is 2.07. The lowest BCUT2D eigenvalue weighted by Crippen LogP contribution is -2.20. The van der Waals surface area contributed by atoms with Crippen LogP contribution in [-0.4, -0.2) is 36.3 Å². The Hall–Kier alpha value is -0.710. The lowest BCUT2D eigenvalue weighted by Gasteiger charge is -2.09. The molecule has 1 rings (SSSR count). The third-order valence-corrected chi connectivity index (χ3v) is 1.87. The van der Waals surface area contributed by atoms with Gasteiger partial charge in [0.25, 0.3) is 0 Å². The topological polar surface area (TPSA) is 41.9 Å². The summed E-state index contributed by atoms with van der Waals surface area (Å²) in [6.07, 6.45) is 0.222. The second kappa shape index (κ2) is 3.61. The van der Waals surface area contributed by atoms with E-state index in [9.17, 15) is 4.79 Å². The van der Waals surface area contributed by atoms with Crippen molar-refractivity contribution in [2.45, 2.75) is 6.42 Å². The highest BCUT2D eigenvalue weighted by atomic mass is 32.1. The van der Waals surface area contributed by atoms with Crippen LogP contribution in [0.15, 0.2) is 4.99 Å². The van der Waals surface area contributed by atoms with E-state index in [-0.39, 0.29) is 12.4 Å². The van der Waals surface area contributed by atoms with Gasteiger partial charge in [-0.15, -0.1) is 0 Å². The van der Waals surface area contributed by atoms with E-state index in [1.165, 1.54) is 7.11 Å². The molecule has 4 nitrogen and oxygen atoms in total. The lowest BCUT2D eigenvalue weighted by molar-refractivity contribution is -0.139. The Kier molecular flexibility index (Phi) is 2.76. The molecule has 0 atom stereocenters. The Labute approximate surface area is 70.8 Å². The van der Waals surface area contributed by atoms with E-state index in [2.05, 4.69) is 22.5 Å². The molecule has 1 aliphatic rings. The second-order valence-electron chi connectivity index (χ2n) is 2.17. The number of carbonyl (C=O) groups excluding carboxylic acids is 1. The molecule has 0 fully saturated rings. The first-order chi connectivity index (χ1) is 5.24. The summed E-state index contributed by atoms with van der Waals surface area (Å²) in [6.45, 7) is 1.49. The van der Waals surface area contributed by atoms with E-state index in [4.69, 9.17) is 0 Å². The minimum atomic E-state index is -0.273. The van der Waals surface area contributed by atoms with Crippen LogP contribution in [0.4, 0.5) is 0 Å². The van der Waals surface area contributed by atoms with Crippen LogP contribution < -0.4 is 0 Å². The van der Waals surface area contributed by atoms with E-state index in [0.717, 1.165) is 13.1 Å². The van der Waals surface area contributed by atoms with Crippen molar-refractivity contribution in [1.29, 1.82) is 0 Å². The van der Waals surface area contributed by atoms with Crippen LogP contribution in [0.2, 0.25) is 0 Å². The van der Waals surface area contributed by atoms with Crippen LogP contribution >= 0.6 is 12.8 Å². The highest BCUT2D eigenvalue weighted by molar-refractivity contribution is 7.78. The van der Waals surface area contributed by atoms with Gasteiger partial charge >= 0.3 is 5.97 Å². The number of esters is 1. The van der Waals surface area contributed by atoms with Gasteiger partial charge in [-0.1, -0.05) is 12.8 Å². The molecule has 0 unspecified atom stereocenters. The molecule has 62 valence electrons. The number of carbonyl (C=O) groups is 1. The van der Waals surface area contributed by atoms with Crippen LogP contribution in [-0.2, 0) is 9.53 Å². The van der Waals surface area contributed by atoms with Gasteiger partial charge in [0, 0.05) is 0 Å². The molecule has 0 aromatic heterocycles. The first-order valence-electron chi connectivity index (χ1n) is 3.30. The predicted octanol–water partition coefficient (Wildman–Crippen LogP) is 0.108. The zero-order valence-electron chi connectivity index (χ0n) is 6.28. The molecule has 0 spiro atoms. The summed E-state index contributed by atoms with van der Waals surface area (Å²) in [5.74, 6) is 0.421. The number of ether oxygens (including phenoxy) is 1. The largest absolute Gasteiger partial charge is 0.469 e. The maximum Gasteiger partial charge on any atom is 0.313 e. The van der Waals surface area contributed by atoms with E-state index >= 15 is 0 Å². The minimum absolute atomic E-state index is 0.222. The normalized spacial score (nSPS) is 16.5. The maximum atomic E-state index is 10.7. The van der Waals surface area contributed by atoms with Crippen molar-refractivity contribution in [3.8, 4) is 0 Å². The molecule has 0 aromatic carbocycles. The summed E-state index contributed by atoms with van der Waals surface area (Å²) in [6, 6.07) is 0. The average molecular weight is 174 g/mol. The molecular formula is C6H10N2O2S. The van der Waals surface area contributed by atoms with Crippen molar-refractivity contribution < 1.29 is 9.53 Å². The summed E-state index contributed by atoms with van der Waals surface area (Å²) in [5.41, 5.74) is 0. The number of hydrogen-bond acceptors (Lipinski definition) is 5. The summed E-state index contributed by atoms with van der Waals surface area (Å²) < 4.78 is 6.14. The Morgan fingerprint density at radius 3 is 3.09 bits per heavy atom. The second-order valence-corrected chi connectivity index (χ2v) is 2.66. The van der Waals surface area contributed by atoms with Crippen molar-refractivity contribution in [3.05, 3.63) is 0 Å². The van der Waals surface area contributed by atoms with Gasteiger partial charge in [-0.25, -0.2) is 0 Å². The number of amidine groups is 1. The van der Waals surface area contributed by atoms with Gasteiger partial charge in [0.15, 0.2) is 0 Å². The van der Waals surface area contributed by atoms with Crippen molar-refractivity contribution in [1.82, 2.24) is 4.31 Å². The lowest BCUT2D eigenvalue weighted by atomic mass is 10.4. The molecule has 1 aliphatic heterocycles. The highest BCUT2D eigenvalue weighted by Gasteiger charge is 2.16. The third-order valence-electron chi connectivity index (χ3n) is 1.43. The fraction of sp³-hybridized carbons (Fsp3) is 0.667. The molecule has 0 bridgehead atoms. The third kappa shape index (κ3) is 2.11. The SMILES string of the molecule is COC(=O)CC1=NCCN1S. The summed E-state index contributed by atoms with van der Waals surface area (Å²) in [7, 11) is 1.36. The maximum absolute atomic E-state index is 10.7. The van der Waals surface area contributed by atoms with E-state index in [1.807, 2.05) is 0 Å². The smallest absolute Gasteiger partial charge is 0.313 e. The van der Waals surface area contributed by atoms with Gasteiger partial charge in [0.2, 0.25) is 0 Å². The molecule has 0 saturated carbocycles. The van der Waals surface area contributed by atoms with Crippen LogP contribution in [0.1, 0.15) is 6.42 Å². The molecule has 1 heterocycles. The zero-order valence-corrected chi connectivity index (χ0v) is 7.17. The van der Waals surface area contributed by atoms with Crippen molar-refractivity contribution in [2.24, 2.45) is 4.99 Å². The van der Waals surface area contributed by atoms with Gasteiger partial charge in [-0.2, -0.15) is 0 Å². The van der Waals surface area contributed by atoms with Crippen LogP contribution in [0, 0.1) is 0 Å².